The third kappa shape index (κ3) is 2.72. The smallest absolute Gasteiger partial charge is 0.173 e. The Morgan fingerprint density at radius 2 is 2.05 bits per heavy atom. The lowest BCUT2D eigenvalue weighted by molar-refractivity contribution is 0.356. The normalized spacial score (nSPS) is 20.0. The van der Waals surface area contributed by atoms with E-state index in [1.807, 2.05) is 12.3 Å². The predicted octanol–water partition coefficient (Wildman–Crippen LogP) is 1.23. The number of thiocarbonyl (C=S) groups is 1. The lowest BCUT2D eigenvalue weighted by Gasteiger charge is -2.29. The lowest BCUT2D eigenvalue weighted by atomic mass is 10.1. The van der Waals surface area contributed by atoms with E-state index in [1.165, 1.54) is 16.8 Å². The monoisotopic (exact) mass is 274 g/mol. The van der Waals surface area contributed by atoms with E-state index in [2.05, 4.69) is 39.0 Å². The summed E-state index contributed by atoms with van der Waals surface area (Å²) in [5, 5.41) is 10.8. The van der Waals surface area contributed by atoms with Gasteiger partial charge in [0.25, 0.3) is 0 Å². The van der Waals surface area contributed by atoms with Crippen LogP contribution in [0.2, 0.25) is 0 Å². The first-order valence-corrected chi connectivity index (χ1v) is 7.04. The molecule has 3 N–H and O–H groups in total. The second kappa shape index (κ2) is 5.59. The van der Waals surface area contributed by atoms with E-state index in [0.717, 1.165) is 37.8 Å². The quantitative estimate of drug-likeness (QED) is 0.672. The maximum atomic E-state index is 5.43. The number of nitrogens with zero attached hydrogens (tertiary/aromatic N) is 1. The molecule has 1 aromatic carbocycles. The van der Waals surface area contributed by atoms with Gasteiger partial charge >= 0.3 is 0 Å². The van der Waals surface area contributed by atoms with E-state index < -0.39 is 0 Å². The summed E-state index contributed by atoms with van der Waals surface area (Å²) < 4.78 is 0. The molecule has 100 valence electrons. The molecule has 0 spiro atoms. The van der Waals surface area contributed by atoms with Crippen LogP contribution in [0.25, 0.3) is 5.57 Å². The average Bonchev–Trinajstić information content (AvgIpc) is 2.89. The molecule has 0 atom stereocenters. The highest BCUT2D eigenvalue weighted by molar-refractivity contribution is 7.80. The average molecular weight is 274 g/mol. The molecule has 2 aliphatic rings. The van der Waals surface area contributed by atoms with Gasteiger partial charge in [-0.1, -0.05) is 18.2 Å². The fourth-order valence-corrected chi connectivity index (χ4v) is 2.68. The number of para-hydroxylation sites is 1. The lowest BCUT2D eigenvalue weighted by Crippen LogP contribution is -2.49. The topological polar surface area (TPSA) is 39.3 Å². The predicted molar refractivity (Wildman–Crippen MR) is 83.1 cm³/mol. The van der Waals surface area contributed by atoms with Gasteiger partial charge in [0.2, 0.25) is 0 Å². The van der Waals surface area contributed by atoms with Gasteiger partial charge < -0.3 is 20.9 Å². The molecule has 0 aliphatic carbocycles. The van der Waals surface area contributed by atoms with Crippen molar-refractivity contribution in [2.24, 2.45) is 0 Å². The maximum absolute atomic E-state index is 5.43. The standard InChI is InChI=1S/C14H18N4S/c19-14(18-7-5-15-6-8-18)17-10-11-9-16-13-4-2-1-3-12(11)13/h1-4,10,15-16H,5-9H2,(H,17,19)/b11-10-. The molecule has 4 nitrogen and oxygen atoms in total. The van der Waals surface area contributed by atoms with Crippen molar-refractivity contribution in [2.75, 3.05) is 38.0 Å². The highest BCUT2D eigenvalue weighted by atomic mass is 32.1. The highest BCUT2D eigenvalue weighted by Gasteiger charge is 2.15. The minimum Gasteiger partial charge on any atom is -0.380 e. The Bertz CT molecular complexity index is 506. The number of anilines is 1. The zero-order valence-corrected chi connectivity index (χ0v) is 11.6. The summed E-state index contributed by atoms with van der Waals surface area (Å²) in [6.07, 6.45) is 2.03. The fraction of sp³-hybridized carbons (Fsp3) is 0.357. The van der Waals surface area contributed by atoms with Gasteiger partial charge in [-0.3, -0.25) is 0 Å². The van der Waals surface area contributed by atoms with Crippen molar-refractivity contribution in [1.29, 1.82) is 0 Å². The Morgan fingerprint density at radius 1 is 1.26 bits per heavy atom. The van der Waals surface area contributed by atoms with Gasteiger partial charge in [0.1, 0.15) is 0 Å². The number of piperazine rings is 1. The van der Waals surface area contributed by atoms with Crippen LogP contribution >= 0.6 is 12.2 Å². The molecule has 0 amide bonds. The van der Waals surface area contributed by atoms with Crippen molar-refractivity contribution < 1.29 is 0 Å². The van der Waals surface area contributed by atoms with E-state index in [9.17, 15) is 0 Å². The van der Waals surface area contributed by atoms with Gasteiger partial charge in [0.15, 0.2) is 5.11 Å². The Morgan fingerprint density at radius 3 is 2.89 bits per heavy atom. The molecule has 0 bridgehead atoms. The Balaban J connectivity index is 1.65. The largest absolute Gasteiger partial charge is 0.380 e. The molecule has 0 aromatic heterocycles. The zero-order valence-electron chi connectivity index (χ0n) is 10.8. The molecular weight excluding hydrogens is 256 g/mol. The Kier molecular flexibility index (Phi) is 3.66. The Labute approximate surface area is 118 Å². The molecule has 0 unspecified atom stereocenters. The van der Waals surface area contributed by atoms with E-state index in [4.69, 9.17) is 12.2 Å². The van der Waals surface area contributed by atoms with E-state index in [0.29, 0.717) is 0 Å². The van der Waals surface area contributed by atoms with Gasteiger partial charge in [-0.05, 0) is 23.9 Å². The maximum Gasteiger partial charge on any atom is 0.173 e. The van der Waals surface area contributed by atoms with Crippen molar-refractivity contribution in [2.45, 2.75) is 0 Å². The van der Waals surface area contributed by atoms with Crippen molar-refractivity contribution in [3.05, 3.63) is 36.0 Å². The second-order valence-electron chi connectivity index (χ2n) is 4.76. The van der Waals surface area contributed by atoms with Crippen LogP contribution in [0.1, 0.15) is 5.56 Å². The minimum atomic E-state index is 0.818. The molecule has 1 saturated heterocycles. The van der Waals surface area contributed by atoms with Crippen LogP contribution in [0.5, 0.6) is 0 Å². The minimum absolute atomic E-state index is 0.818. The molecule has 1 aromatic rings. The molecule has 0 radical (unpaired) electrons. The fourth-order valence-electron chi connectivity index (χ4n) is 2.44. The van der Waals surface area contributed by atoms with Crippen LogP contribution in [0, 0.1) is 0 Å². The highest BCUT2D eigenvalue weighted by Crippen LogP contribution is 2.29. The molecule has 1 fully saturated rings. The van der Waals surface area contributed by atoms with Gasteiger partial charge in [-0.15, -0.1) is 0 Å². The van der Waals surface area contributed by atoms with Crippen molar-refractivity contribution >= 4 is 28.6 Å². The second-order valence-corrected chi connectivity index (χ2v) is 5.14. The van der Waals surface area contributed by atoms with Gasteiger partial charge in [-0.2, -0.15) is 0 Å². The van der Waals surface area contributed by atoms with Crippen LogP contribution in [0.4, 0.5) is 5.69 Å². The number of hydrogen-bond acceptors (Lipinski definition) is 3. The molecule has 5 heteroatoms. The number of rotatable bonds is 1. The van der Waals surface area contributed by atoms with Gasteiger partial charge in [0, 0.05) is 50.2 Å². The summed E-state index contributed by atoms with van der Waals surface area (Å²) in [6, 6.07) is 8.35. The number of benzene rings is 1. The summed E-state index contributed by atoms with van der Waals surface area (Å²) in [5.41, 5.74) is 3.72. The third-order valence-electron chi connectivity index (χ3n) is 3.52. The molecule has 3 rings (SSSR count). The Hall–Kier alpha value is -1.59. The van der Waals surface area contributed by atoms with E-state index in [-0.39, 0.29) is 0 Å². The molecule has 2 heterocycles. The zero-order chi connectivity index (χ0) is 13.1. The van der Waals surface area contributed by atoms with Crippen LogP contribution in [0.3, 0.4) is 0 Å². The van der Waals surface area contributed by atoms with Gasteiger partial charge in [-0.25, -0.2) is 0 Å². The van der Waals surface area contributed by atoms with Crippen LogP contribution < -0.4 is 16.0 Å². The number of nitrogens with one attached hydrogen (secondary N) is 3. The number of fused-ring (bicyclic) bond motifs is 1. The summed E-state index contributed by atoms with van der Waals surface area (Å²) in [7, 11) is 0. The third-order valence-corrected chi connectivity index (χ3v) is 3.89. The van der Waals surface area contributed by atoms with Crippen LogP contribution in [0.15, 0.2) is 30.5 Å². The number of hydrogen-bond donors (Lipinski definition) is 3. The first-order chi connectivity index (χ1) is 9.34. The van der Waals surface area contributed by atoms with E-state index in [1.54, 1.807) is 0 Å². The van der Waals surface area contributed by atoms with Crippen molar-refractivity contribution in [3.63, 3.8) is 0 Å². The van der Waals surface area contributed by atoms with Crippen molar-refractivity contribution in [1.82, 2.24) is 15.5 Å². The van der Waals surface area contributed by atoms with Crippen LogP contribution in [-0.2, 0) is 0 Å². The first kappa shape index (κ1) is 12.4. The van der Waals surface area contributed by atoms with Crippen molar-refractivity contribution in [3.8, 4) is 0 Å². The molecule has 2 aliphatic heterocycles. The van der Waals surface area contributed by atoms with Crippen LogP contribution in [-0.4, -0.2) is 42.7 Å². The van der Waals surface area contributed by atoms with Gasteiger partial charge in [0.05, 0.1) is 0 Å². The summed E-state index contributed by atoms with van der Waals surface area (Å²) >= 11 is 5.43. The SMILES string of the molecule is S=C(N/C=C1/CNc2ccccc21)N1CCNCC1. The molecular formula is C14H18N4S. The van der Waals surface area contributed by atoms with E-state index >= 15 is 0 Å². The summed E-state index contributed by atoms with van der Waals surface area (Å²) in [5.74, 6) is 0. The summed E-state index contributed by atoms with van der Waals surface area (Å²) in [4.78, 5) is 2.21. The first-order valence-electron chi connectivity index (χ1n) is 6.63. The molecule has 19 heavy (non-hydrogen) atoms. The molecule has 0 saturated carbocycles. The summed E-state index contributed by atoms with van der Waals surface area (Å²) in [6.45, 7) is 4.82.